The fourth-order valence-corrected chi connectivity index (χ4v) is 6.30. The van der Waals surface area contributed by atoms with Gasteiger partial charge in [-0.05, 0) is 83.9 Å². The summed E-state index contributed by atoms with van der Waals surface area (Å²) in [6.07, 6.45) is 3.28. The highest BCUT2D eigenvalue weighted by atomic mass is 35.5. The van der Waals surface area contributed by atoms with E-state index in [-0.39, 0.29) is 11.8 Å². The lowest BCUT2D eigenvalue weighted by atomic mass is 10.1. The van der Waals surface area contributed by atoms with Crippen molar-refractivity contribution in [2.75, 3.05) is 15.9 Å². The molecule has 0 bridgehead atoms. The Balaban J connectivity index is 1.31. The third kappa shape index (κ3) is 7.69. The molecule has 1 atom stereocenters. The molecule has 0 saturated heterocycles. The Bertz CT molecular complexity index is 2060. The zero-order valence-corrected chi connectivity index (χ0v) is 28.8. The lowest BCUT2D eigenvalue weighted by Gasteiger charge is -2.19. The number of para-hydroxylation sites is 4. The van der Waals surface area contributed by atoms with Gasteiger partial charge < -0.3 is 9.30 Å². The van der Waals surface area contributed by atoms with Gasteiger partial charge in [-0.15, -0.1) is 11.6 Å². The average Bonchev–Trinajstić information content (AvgIpc) is 3.47. The summed E-state index contributed by atoms with van der Waals surface area (Å²) in [4.78, 5) is 11.9. The van der Waals surface area contributed by atoms with Gasteiger partial charge >= 0.3 is 5.97 Å². The summed E-state index contributed by atoms with van der Waals surface area (Å²) in [6.45, 7) is 1.82. The van der Waals surface area contributed by atoms with E-state index in [9.17, 15) is 4.79 Å². The number of carbonyl (C=O) groups excluding carboxylic acids is 1. The van der Waals surface area contributed by atoms with E-state index in [0.29, 0.717) is 6.54 Å². The molecule has 0 amide bonds. The Labute approximate surface area is 302 Å². The first-order chi connectivity index (χ1) is 25.1. The maximum atomic E-state index is 11.9. The number of anilines is 4. The molecule has 7 aromatic rings. The monoisotopic (exact) mass is 689 g/mol. The molecule has 0 aliphatic carbocycles. The van der Waals surface area contributed by atoms with Crippen molar-refractivity contribution in [1.29, 1.82) is 0 Å². The zero-order valence-electron chi connectivity index (χ0n) is 28.1. The van der Waals surface area contributed by atoms with E-state index < -0.39 is 6.10 Å². The first-order valence-corrected chi connectivity index (χ1v) is 17.3. The summed E-state index contributed by atoms with van der Waals surface area (Å²) in [5.74, 6) is -0.180. The van der Waals surface area contributed by atoms with Crippen molar-refractivity contribution >= 4 is 74.6 Å². The number of alkyl halides is 1. The molecule has 1 unspecified atom stereocenters. The number of carbonyl (C=O) groups is 1. The van der Waals surface area contributed by atoms with E-state index in [1.807, 2.05) is 144 Å². The van der Waals surface area contributed by atoms with Crippen molar-refractivity contribution in [3.05, 3.63) is 169 Å². The first-order valence-electron chi connectivity index (χ1n) is 16.7. The Kier molecular flexibility index (Phi) is 10.2. The molecule has 0 saturated carbocycles. The second kappa shape index (κ2) is 15.6. The van der Waals surface area contributed by atoms with Crippen LogP contribution in [0.25, 0.3) is 21.8 Å². The average molecular weight is 690 g/mol. The fraction of sp³-hybridized carbons (Fsp3) is 0.0930. The number of fused-ring (bicyclic) bond motifs is 3. The van der Waals surface area contributed by atoms with Crippen molar-refractivity contribution in [2.45, 2.75) is 19.6 Å². The van der Waals surface area contributed by atoms with Crippen LogP contribution in [0.15, 0.2) is 168 Å². The van der Waals surface area contributed by atoms with Crippen LogP contribution in [0.1, 0.15) is 18.1 Å². The molecule has 0 radical (unpaired) electrons. The zero-order chi connectivity index (χ0) is 35.0. The lowest BCUT2D eigenvalue weighted by molar-refractivity contribution is -0.145. The van der Waals surface area contributed by atoms with E-state index >= 15 is 0 Å². The van der Waals surface area contributed by atoms with Crippen LogP contribution in [0, 0.1) is 0 Å². The molecule has 252 valence electrons. The molecular weight excluding hydrogens is 654 g/mol. The van der Waals surface area contributed by atoms with Crippen molar-refractivity contribution in [3.63, 3.8) is 0 Å². The summed E-state index contributed by atoms with van der Waals surface area (Å²) in [6, 6.07) is 52.9. The van der Waals surface area contributed by atoms with Crippen molar-refractivity contribution in [1.82, 2.24) is 4.57 Å². The molecule has 0 aliphatic heterocycles. The molecule has 0 N–H and O–H groups in total. The van der Waals surface area contributed by atoms with Gasteiger partial charge in [-0.25, -0.2) is 10.0 Å². The molecule has 0 fully saturated rings. The Hall–Kier alpha value is -6.18. The van der Waals surface area contributed by atoms with Crippen LogP contribution in [0.4, 0.5) is 22.7 Å². The van der Waals surface area contributed by atoms with E-state index in [1.165, 1.54) is 6.92 Å². The Morgan fingerprint density at radius 3 is 1.33 bits per heavy atom. The van der Waals surface area contributed by atoms with Crippen LogP contribution < -0.4 is 10.0 Å². The van der Waals surface area contributed by atoms with E-state index in [0.717, 1.165) is 55.7 Å². The van der Waals surface area contributed by atoms with Crippen LogP contribution in [-0.2, 0) is 16.1 Å². The van der Waals surface area contributed by atoms with Gasteiger partial charge in [0.25, 0.3) is 0 Å². The predicted octanol–water partition coefficient (Wildman–Crippen LogP) is 10.3. The molecule has 8 heteroatoms. The van der Waals surface area contributed by atoms with Crippen LogP contribution in [-0.4, -0.2) is 34.9 Å². The summed E-state index contributed by atoms with van der Waals surface area (Å²) in [5.41, 5.74) is 7.70. The number of hydrogen-bond acceptors (Lipinski definition) is 6. The predicted molar refractivity (Wildman–Crippen MR) is 211 cm³/mol. The number of esters is 1. The number of halogens is 1. The summed E-state index contributed by atoms with van der Waals surface area (Å²) in [7, 11) is 0. The van der Waals surface area contributed by atoms with Gasteiger partial charge in [0.1, 0.15) is 6.10 Å². The number of nitrogens with zero attached hydrogens (tertiary/aromatic N) is 5. The van der Waals surface area contributed by atoms with Crippen LogP contribution in [0.5, 0.6) is 0 Å². The van der Waals surface area contributed by atoms with Crippen molar-refractivity contribution < 1.29 is 9.53 Å². The van der Waals surface area contributed by atoms with Gasteiger partial charge in [0.05, 0.1) is 47.6 Å². The number of hydrazone groups is 2. The molecule has 51 heavy (non-hydrogen) atoms. The van der Waals surface area contributed by atoms with E-state index in [4.69, 9.17) is 26.5 Å². The topological polar surface area (TPSA) is 62.4 Å². The van der Waals surface area contributed by atoms with Gasteiger partial charge in [-0.2, -0.15) is 10.2 Å². The van der Waals surface area contributed by atoms with E-state index in [1.54, 1.807) is 0 Å². The van der Waals surface area contributed by atoms with Crippen molar-refractivity contribution in [2.24, 2.45) is 10.2 Å². The smallest absolute Gasteiger partial charge is 0.303 e. The quantitative estimate of drug-likeness (QED) is 0.0554. The molecule has 7 rings (SSSR count). The minimum Gasteiger partial charge on any atom is -0.459 e. The molecule has 0 aliphatic rings. The number of benzene rings is 6. The fourth-order valence-electron chi connectivity index (χ4n) is 6.14. The van der Waals surface area contributed by atoms with Gasteiger partial charge in [-0.1, -0.05) is 84.9 Å². The Morgan fingerprint density at radius 1 is 0.627 bits per heavy atom. The van der Waals surface area contributed by atoms with Crippen LogP contribution >= 0.6 is 11.6 Å². The minimum atomic E-state index is -0.485. The van der Waals surface area contributed by atoms with Gasteiger partial charge in [0.15, 0.2) is 0 Å². The van der Waals surface area contributed by atoms with Gasteiger partial charge in [-0.3, -0.25) is 4.79 Å². The van der Waals surface area contributed by atoms with Crippen molar-refractivity contribution in [3.8, 4) is 0 Å². The Morgan fingerprint density at radius 2 is 1.00 bits per heavy atom. The van der Waals surface area contributed by atoms with Gasteiger partial charge in [0.2, 0.25) is 0 Å². The largest absolute Gasteiger partial charge is 0.459 e. The molecule has 1 aromatic heterocycles. The SMILES string of the molecule is CC(=O)OC(CCl)Cn1c2ccc(/C=N/N(c3ccccc3)c3ccccc3)cc2c2cc(/C=N/N(c3ccccc3)c3ccccc3)ccc21. The van der Waals surface area contributed by atoms with Gasteiger partial charge in [0, 0.05) is 28.7 Å². The van der Waals surface area contributed by atoms with Crippen LogP contribution in [0.3, 0.4) is 0 Å². The maximum absolute atomic E-state index is 11.9. The molecule has 1 heterocycles. The second-order valence-electron chi connectivity index (χ2n) is 12.0. The molecular formula is C43H36ClN5O2. The standard InChI is InChI=1S/C43H36ClN5O2/c1-32(50)51-39(28-44)31-47-42-24-22-33(29-45-48(35-14-6-2-7-15-35)36-16-8-3-9-17-36)26-40(42)41-27-34(23-25-43(41)47)30-46-49(37-18-10-4-11-19-37)38-20-12-5-13-21-38/h2-27,29-30,39H,28,31H2,1H3/b45-29+,46-30+. The summed E-state index contributed by atoms with van der Waals surface area (Å²) < 4.78 is 7.74. The molecule has 6 aromatic carbocycles. The first kappa shape index (κ1) is 33.3. The second-order valence-corrected chi connectivity index (χ2v) is 12.3. The summed E-state index contributed by atoms with van der Waals surface area (Å²) >= 11 is 6.29. The van der Waals surface area contributed by atoms with E-state index in [2.05, 4.69) is 41.0 Å². The summed E-state index contributed by atoms with van der Waals surface area (Å²) in [5, 5.41) is 15.8. The number of ether oxygens (including phenoxy) is 1. The molecule has 7 nitrogen and oxygen atoms in total. The molecule has 0 spiro atoms. The van der Waals surface area contributed by atoms with Crippen LogP contribution in [0.2, 0.25) is 0 Å². The third-order valence-electron chi connectivity index (χ3n) is 8.45. The highest BCUT2D eigenvalue weighted by molar-refractivity contribution is 6.18. The number of aromatic nitrogens is 1. The maximum Gasteiger partial charge on any atom is 0.303 e. The third-order valence-corrected chi connectivity index (χ3v) is 8.80. The lowest BCUT2D eigenvalue weighted by Crippen LogP contribution is -2.24. The minimum absolute atomic E-state index is 0.180. The highest BCUT2D eigenvalue weighted by Crippen LogP contribution is 2.32. The number of hydrogen-bond donors (Lipinski definition) is 0. The normalized spacial score (nSPS) is 12.1. The highest BCUT2D eigenvalue weighted by Gasteiger charge is 2.18. The number of rotatable bonds is 12.